The molecule has 0 bridgehead atoms. The van der Waals surface area contributed by atoms with Crippen LogP contribution in [0.15, 0.2) is 89.3 Å². The maximum Gasteiger partial charge on any atom is 0.141 e. The molecular formula is C33H29Cl6NO2S. The second-order valence-electron chi connectivity index (χ2n) is 9.91. The second-order valence-corrected chi connectivity index (χ2v) is 14.2. The van der Waals surface area contributed by atoms with E-state index in [1.165, 1.54) is 0 Å². The molecule has 3 unspecified atom stereocenters. The van der Waals surface area contributed by atoms with Crippen LogP contribution in [0, 0.1) is 0 Å². The zero-order chi connectivity index (χ0) is 31.5. The molecule has 3 nitrogen and oxygen atoms in total. The topological polar surface area (TPSA) is 46.5 Å². The van der Waals surface area contributed by atoms with E-state index in [1.807, 2.05) is 68.4 Å². The average Bonchev–Trinajstić information content (AvgIpc) is 2.97. The molecule has 4 rings (SSSR count). The molecule has 0 heterocycles. The van der Waals surface area contributed by atoms with Crippen LogP contribution in [0.2, 0.25) is 30.1 Å². The predicted octanol–water partition coefficient (Wildman–Crippen LogP) is 11.3. The van der Waals surface area contributed by atoms with Gasteiger partial charge in [-0.3, -0.25) is 0 Å². The second kappa shape index (κ2) is 17.6. The molecule has 0 saturated heterocycles. The van der Waals surface area contributed by atoms with E-state index in [-0.39, 0.29) is 17.1 Å². The zero-order valence-electron chi connectivity index (χ0n) is 23.3. The normalized spacial score (nSPS) is 13.3. The van der Waals surface area contributed by atoms with Crippen molar-refractivity contribution in [2.24, 2.45) is 4.40 Å². The van der Waals surface area contributed by atoms with Crippen molar-refractivity contribution in [2.75, 3.05) is 0 Å². The van der Waals surface area contributed by atoms with E-state index in [4.69, 9.17) is 69.6 Å². The highest BCUT2D eigenvalue weighted by atomic mass is 35.5. The molecule has 0 N–H and O–H groups in total. The Morgan fingerprint density at radius 3 is 1.42 bits per heavy atom. The largest absolute Gasteiger partial charge is 0.303 e. The lowest BCUT2D eigenvalue weighted by Gasteiger charge is -2.14. The van der Waals surface area contributed by atoms with Gasteiger partial charge < -0.3 is 4.79 Å². The summed E-state index contributed by atoms with van der Waals surface area (Å²) >= 11 is 36.0. The first kappa shape index (κ1) is 35.6. The first-order valence-corrected chi connectivity index (χ1v) is 16.7. The van der Waals surface area contributed by atoms with Crippen molar-refractivity contribution < 1.29 is 9.00 Å². The molecule has 0 aliphatic carbocycles. The van der Waals surface area contributed by atoms with Gasteiger partial charge in [0.2, 0.25) is 0 Å². The minimum Gasteiger partial charge on any atom is -0.303 e. The van der Waals surface area contributed by atoms with Crippen molar-refractivity contribution in [1.29, 1.82) is 0 Å². The molecule has 0 saturated carbocycles. The molecular weight excluding hydrogens is 687 g/mol. The van der Waals surface area contributed by atoms with E-state index in [1.54, 1.807) is 36.5 Å². The van der Waals surface area contributed by atoms with Crippen molar-refractivity contribution in [3.8, 4) is 0 Å². The highest BCUT2D eigenvalue weighted by Gasteiger charge is 2.15. The highest BCUT2D eigenvalue weighted by Crippen LogP contribution is 2.29. The molecule has 0 radical (unpaired) electrons. The Morgan fingerprint density at radius 2 is 1.02 bits per heavy atom. The molecule has 10 heteroatoms. The van der Waals surface area contributed by atoms with Crippen LogP contribution >= 0.6 is 69.6 Å². The van der Waals surface area contributed by atoms with Gasteiger partial charge >= 0.3 is 0 Å². The molecule has 3 atom stereocenters. The Balaban J connectivity index is 0.000000242. The maximum absolute atomic E-state index is 11.9. The van der Waals surface area contributed by atoms with Crippen molar-refractivity contribution in [1.82, 2.24) is 0 Å². The van der Waals surface area contributed by atoms with Crippen molar-refractivity contribution in [3.63, 3.8) is 0 Å². The van der Waals surface area contributed by atoms with Crippen LogP contribution in [0.1, 0.15) is 47.9 Å². The predicted molar refractivity (Wildman–Crippen MR) is 187 cm³/mol. The molecule has 4 aromatic carbocycles. The van der Waals surface area contributed by atoms with Gasteiger partial charge in [0.25, 0.3) is 0 Å². The number of nitrogens with zero attached hydrogens (tertiary/aromatic N) is 1. The Bertz CT molecular complexity index is 1560. The number of aldehydes is 1. The van der Waals surface area contributed by atoms with Gasteiger partial charge in [0.15, 0.2) is 0 Å². The lowest BCUT2D eigenvalue weighted by Crippen LogP contribution is -2.08. The van der Waals surface area contributed by atoms with Crippen LogP contribution in [-0.4, -0.2) is 22.0 Å². The number of rotatable bonds is 10. The molecule has 0 spiro atoms. The third kappa shape index (κ3) is 11.5. The summed E-state index contributed by atoms with van der Waals surface area (Å²) in [6.45, 7) is 3.75. The summed E-state index contributed by atoms with van der Waals surface area (Å²) < 4.78 is 16.2. The number of halogens is 6. The van der Waals surface area contributed by atoms with Gasteiger partial charge in [-0.1, -0.05) is 106 Å². The average molecular weight is 716 g/mol. The number of hydrogen-bond acceptors (Lipinski definition) is 2. The molecule has 0 fully saturated rings. The first-order valence-electron chi connectivity index (χ1n) is 13.3. The third-order valence-corrected chi connectivity index (χ3v) is 9.23. The summed E-state index contributed by atoms with van der Waals surface area (Å²) in [5.74, 6) is -0.292. The number of carbonyl (C=O) groups is 1. The monoisotopic (exact) mass is 713 g/mol. The quantitative estimate of drug-likeness (QED) is 0.121. The standard InChI is InChI=1S/C18H18Cl3NOS.C15H11Cl3O/c1-12(2)24(23)22-11-15(13-3-6-16(19)7-4-13)9-14-5-8-17(20)10-18(14)21;16-13-4-1-10(2-5-13)12(9-19)7-11-3-6-14(17)8-15(11)18/h3-8,10-12,15H,9H2,1-2H3;1-6,8-9,12H,7H2. The van der Waals surface area contributed by atoms with E-state index >= 15 is 0 Å². The van der Waals surface area contributed by atoms with Gasteiger partial charge in [-0.15, -0.1) is 0 Å². The van der Waals surface area contributed by atoms with E-state index < -0.39 is 11.0 Å². The zero-order valence-corrected chi connectivity index (χ0v) is 28.7. The fourth-order valence-electron chi connectivity index (χ4n) is 4.02. The van der Waals surface area contributed by atoms with E-state index in [2.05, 4.69) is 4.40 Å². The van der Waals surface area contributed by atoms with Crippen LogP contribution < -0.4 is 0 Å². The van der Waals surface area contributed by atoms with E-state index in [0.717, 1.165) is 28.5 Å². The minimum atomic E-state index is -1.25. The van der Waals surface area contributed by atoms with E-state index in [0.29, 0.717) is 43.0 Å². The highest BCUT2D eigenvalue weighted by molar-refractivity contribution is 7.84. The Hall–Kier alpha value is -1.89. The van der Waals surface area contributed by atoms with Gasteiger partial charge in [-0.2, -0.15) is 4.40 Å². The molecule has 43 heavy (non-hydrogen) atoms. The Morgan fingerprint density at radius 1 is 0.628 bits per heavy atom. The summed E-state index contributed by atoms with van der Waals surface area (Å²) in [6.07, 6.45) is 3.84. The van der Waals surface area contributed by atoms with Crippen molar-refractivity contribution in [3.05, 3.63) is 137 Å². The fraction of sp³-hybridized carbons (Fsp3) is 0.212. The lowest BCUT2D eigenvalue weighted by atomic mass is 9.93. The van der Waals surface area contributed by atoms with Gasteiger partial charge in [0.05, 0.1) is 5.25 Å². The van der Waals surface area contributed by atoms with Gasteiger partial charge in [0.1, 0.15) is 17.3 Å². The number of benzene rings is 4. The summed E-state index contributed by atoms with van der Waals surface area (Å²) in [5.41, 5.74) is 3.82. The lowest BCUT2D eigenvalue weighted by molar-refractivity contribution is -0.109. The third-order valence-electron chi connectivity index (χ3n) is 6.42. The van der Waals surface area contributed by atoms with Crippen LogP contribution in [0.5, 0.6) is 0 Å². The fourth-order valence-corrected chi connectivity index (χ4v) is 5.76. The van der Waals surface area contributed by atoms with Crippen LogP contribution in [0.4, 0.5) is 0 Å². The Labute approximate surface area is 285 Å². The maximum atomic E-state index is 11.9. The number of hydrogen-bond donors (Lipinski definition) is 0. The van der Waals surface area contributed by atoms with Gasteiger partial charge in [-0.05, 0) is 97.5 Å². The summed E-state index contributed by atoms with van der Waals surface area (Å²) in [4.78, 5) is 11.3. The van der Waals surface area contributed by atoms with Crippen LogP contribution in [0.25, 0.3) is 0 Å². The first-order chi connectivity index (χ1) is 20.5. The smallest absolute Gasteiger partial charge is 0.141 e. The Kier molecular flexibility index (Phi) is 14.5. The minimum absolute atomic E-state index is 0.0220. The van der Waals surface area contributed by atoms with E-state index in [9.17, 15) is 9.00 Å². The summed E-state index contributed by atoms with van der Waals surface area (Å²) in [7, 11) is -1.25. The number of carbonyl (C=O) groups excluding carboxylic acids is 1. The summed E-state index contributed by atoms with van der Waals surface area (Å²) in [5, 5.41) is 3.67. The molecule has 0 aliphatic rings. The van der Waals surface area contributed by atoms with Gasteiger partial charge in [0, 0.05) is 48.2 Å². The molecule has 4 aromatic rings. The van der Waals surface area contributed by atoms with Crippen molar-refractivity contribution >= 4 is 93.1 Å². The molecule has 0 aromatic heterocycles. The molecule has 0 aliphatic heterocycles. The summed E-state index contributed by atoms with van der Waals surface area (Å²) in [6, 6.07) is 25.5. The SMILES string of the molecule is CC(C)S(=O)N=CC(Cc1ccc(Cl)cc1Cl)c1ccc(Cl)cc1.O=CC(Cc1ccc(Cl)cc1Cl)c1ccc(Cl)cc1. The van der Waals surface area contributed by atoms with Crippen molar-refractivity contribution in [2.45, 2.75) is 43.8 Å². The van der Waals surface area contributed by atoms with Crippen LogP contribution in [-0.2, 0) is 28.6 Å². The molecule has 226 valence electrons. The van der Waals surface area contributed by atoms with Gasteiger partial charge in [-0.25, -0.2) is 4.21 Å². The molecule has 0 amide bonds. The van der Waals surface area contributed by atoms with Crippen LogP contribution in [0.3, 0.4) is 0 Å².